The van der Waals surface area contributed by atoms with Crippen LogP contribution in [0.25, 0.3) is 0 Å². The van der Waals surface area contributed by atoms with Gasteiger partial charge in [-0.3, -0.25) is 14.9 Å². The molecule has 7 heteroatoms. The minimum atomic E-state index is -0.423. The van der Waals surface area contributed by atoms with Gasteiger partial charge in [-0.15, -0.1) is 0 Å². The van der Waals surface area contributed by atoms with Crippen molar-refractivity contribution in [2.45, 2.75) is 6.92 Å². The van der Waals surface area contributed by atoms with Crippen LogP contribution in [0.15, 0.2) is 48.5 Å². The number of carbonyl (C=O) groups is 2. The van der Waals surface area contributed by atoms with E-state index in [1.165, 1.54) is 0 Å². The highest BCUT2D eigenvalue weighted by Gasteiger charge is 2.14. The first-order chi connectivity index (χ1) is 11.5. The van der Waals surface area contributed by atoms with E-state index in [1.807, 2.05) is 6.92 Å². The molecule has 0 aliphatic rings. The number of hydrogen-bond donors (Lipinski definition) is 3. The van der Waals surface area contributed by atoms with Gasteiger partial charge in [-0.25, -0.2) is 0 Å². The van der Waals surface area contributed by atoms with E-state index in [1.54, 1.807) is 48.5 Å². The van der Waals surface area contributed by atoms with Crippen LogP contribution in [-0.4, -0.2) is 23.5 Å². The lowest BCUT2D eigenvalue weighted by Gasteiger charge is -2.13. The Labute approximate surface area is 150 Å². The van der Waals surface area contributed by atoms with Gasteiger partial charge in [-0.2, -0.15) is 0 Å². The van der Waals surface area contributed by atoms with Crippen LogP contribution in [0.4, 0.5) is 5.69 Å². The second-order valence-electron chi connectivity index (χ2n) is 4.79. The topological polar surface area (TPSA) is 70.2 Å². The maximum absolute atomic E-state index is 12.2. The van der Waals surface area contributed by atoms with E-state index in [0.717, 1.165) is 0 Å². The number of para-hydroxylation sites is 1. The smallest absolute Gasteiger partial charge is 0.258 e. The third kappa shape index (κ3) is 4.53. The summed E-state index contributed by atoms with van der Waals surface area (Å²) in [4.78, 5) is 24.2. The van der Waals surface area contributed by atoms with E-state index in [9.17, 15) is 9.59 Å². The molecule has 2 aromatic rings. The number of benzene rings is 2. The fraction of sp³-hybridized carbons (Fsp3) is 0.118. The lowest BCUT2D eigenvalue weighted by Crippen LogP contribution is -2.35. The summed E-state index contributed by atoms with van der Waals surface area (Å²) in [6.45, 7) is 2.35. The zero-order chi connectivity index (χ0) is 17.5. The largest absolute Gasteiger partial charge is 0.352 e. The van der Waals surface area contributed by atoms with Crippen LogP contribution < -0.4 is 16.0 Å². The Morgan fingerprint density at radius 1 is 1.00 bits per heavy atom. The van der Waals surface area contributed by atoms with Crippen LogP contribution >= 0.6 is 23.8 Å². The van der Waals surface area contributed by atoms with Gasteiger partial charge in [0.05, 0.1) is 21.8 Å². The second-order valence-corrected chi connectivity index (χ2v) is 5.61. The number of halogens is 1. The summed E-state index contributed by atoms with van der Waals surface area (Å²) >= 11 is 11.1. The summed E-state index contributed by atoms with van der Waals surface area (Å²) in [7, 11) is 0. The predicted octanol–water partition coefficient (Wildman–Crippen LogP) is 3.22. The molecule has 0 atom stereocenters. The Morgan fingerprint density at radius 3 is 2.29 bits per heavy atom. The Bertz CT molecular complexity index is 780. The molecule has 0 heterocycles. The van der Waals surface area contributed by atoms with Gasteiger partial charge in [0.25, 0.3) is 11.8 Å². The van der Waals surface area contributed by atoms with Gasteiger partial charge in [0.2, 0.25) is 0 Å². The maximum atomic E-state index is 12.2. The molecule has 2 amide bonds. The molecule has 0 aliphatic heterocycles. The van der Waals surface area contributed by atoms with E-state index in [4.69, 9.17) is 23.8 Å². The quantitative estimate of drug-likeness (QED) is 0.731. The zero-order valence-corrected chi connectivity index (χ0v) is 14.5. The number of amides is 2. The van der Waals surface area contributed by atoms with E-state index in [0.29, 0.717) is 28.4 Å². The molecule has 0 saturated carbocycles. The van der Waals surface area contributed by atoms with Crippen molar-refractivity contribution in [2.75, 3.05) is 11.9 Å². The molecular formula is C17H16ClN3O2S. The van der Waals surface area contributed by atoms with E-state index >= 15 is 0 Å². The number of nitrogens with one attached hydrogen (secondary N) is 3. The molecule has 24 heavy (non-hydrogen) atoms. The normalized spacial score (nSPS) is 9.92. The minimum absolute atomic E-state index is 0.0802. The number of carbonyl (C=O) groups excluding carboxylic acids is 2. The molecule has 0 bridgehead atoms. The molecule has 0 spiro atoms. The molecule has 2 aromatic carbocycles. The lowest BCUT2D eigenvalue weighted by molar-refractivity contribution is 0.0954. The van der Waals surface area contributed by atoms with Crippen molar-refractivity contribution in [3.05, 3.63) is 64.7 Å². The molecule has 3 N–H and O–H groups in total. The summed E-state index contributed by atoms with van der Waals surface area (Å²) in [6, 6.07) is 13.6. The first kappa shape index (κ1) is 17.9. The van der Waals surface area contributed by atoms with Gasteiger partial charge < -0.3 is 10.6 Å². The fourth-order valence-corrected chi connectivity index (χ4v) is 2.44. The summed E-state index contributed by atoms with van der Waals surface area (Å²) in [5, 5.41) is 8.55. The highest BCUT2D eigenvalue weighted by Crippen LogP contribution is 2.16. The van der Waals surface area contributed by atoms with Gasteiger partial charge in [0, 0.05) is 6.54 Å². The second kappa shape index (κ2) is 8.42. The summed E-state index contributed by atoms with van der Waals surface area (Å²) < 4.78 is 0. The first-order valence-corrected chi connectivity index (χ1v) is 8.05. The summed E-state index contributed by atoms with van der Waals surface area (Å²) in [6.07, 6.45) is 0. The average molecular weight is 362 g/mol. The van der Waals surface area contributed by atoms with Crippen LogP contribution in [-0.2, 0) is 0 Å². The Kier molecular flexibility index (Phi) is 6.28. The Morgan fingerprint density at radius 2 is 1.62 bits per heavy atom. The SMILES string of the molecule is CCNC(=O)c1ccccc1NC(=S)NC(=O)c1ccccc1Cl. The summed E-state index contributed by atoms with van der Waals surface area (Å²) in [5.41, 5.74) is 1.27. The standard InChI is InChI=1S/C17H16ClN3O2S/c1-2-19-15(22)12-8-4-6-10-14(12)20-17(24)21-16(23)11-7-3-5-9-13(11)18/h3-10H,2H2,1H3,(H,19,22)(H2,20,21,23,24). The van der Waals surface area contributed by atoms with E-state index < -0.39 is 5.91 Å². The molecule has 5 nitrogen and oxygen atoms in total. The van der Waals surface area contributed by atoms with Gasteiger partial charge in [-0.05, 0) is 43.4 Å². The van der Waals surface area contributed by atoms with Gasteiger partial charge in [0.1, 0.15) is 0 Å². The van der Waals surface area contributed by atoms with Crippen LogP contribution in [0, 0.1) is 0 Å². The third-order valence-corrected chi connectivity index (χ3v) is 3.64. The van der Waals surface area contributed by atoms with Crippen LogP contribution in [0.3, 0.4) is 0 Å². The highest BCUT2D eigenvalue weighted by atomic mass is 35.5. The van der Waals surface area contributed by atoms with Crippen molar-refractivity contribution in [2.24, 2.45) is 0 Å². The van der Waals surface area contributed by atoms with Gasteiger partial charge in [-0.1, -0.05) is 35.9 Å². The molecule has 0 aliphatic carbocycles. The number of hydrogen-bond acceptors (Lipinski definition) is 3. The number of thiocarbonyl (C=S) groups is 1. The van der Waals surface area contributed by atoms with Crippen LogP contribution in [0.1, 0.15) is 27.6 Å². The van der Waals surface area contributed by atoms with Crippen molar-refractivity contribution in [3.8, 4) is 0 Å². The van der Waals surface area contributed by atoms with Crippen LogP contribution in [0.5, 0.6) is 0 Å². The van der Waals surface area contributed by atoms with E-state index in [-0.39, 0.29) is 11.0 Å². The first-order valence-electron chi connectivity index (χ1n) is 7.27. The lowest BCUT2D eigenvalue weighted by atomic mass is 10.1. The van der Waals surface area contributed by atoms with Crippen molar-refractivity contribution < 1.29 is 9.59 Å². The Balaban J connectivity index is 2.09. The van der Waals surface area contributed by atoms with Crippen molar-refractivity contribution in [1.29, 1.82) is 0 Å². The highest BCUT2D eigenvalue weighted by molar-refractivity contribution is 7.80. The van der Waals surface area contributed by atoms with Gasteiger partial charge >= 0.3 is 0 Å². The van der Waals surface area contributed by atoms with Gasteiger partial charge in [0.15, 0.2) is 5.11 Å². The zero-order valence-electron chi connectivity index (χ0n) is 12.9. The number of rotatable bonds is 4. The van der Waals surface area contributed by atoms with E-state index in [2.05, 4.69) is 16.0 Å². The molecule has 0 fully saturated rings. The molecule has 0 aromatic heterocycles. The van der Waals surface area contributed by atoms with Crippen molar-refractivity contribution in [1.82, 2.24) is 10.6 Å². The predicted molar refractivity (Wildman–Crippen MR) is 99.6 cm³/mol. The molecule has 2 rings (SSSR count). The molecule has 0 saturated heterocycles. The monoisotopic (exact) mass is 361 g/mol. The molecular weight excluding hydrogens is 346 g/mol. The average Bonchev–Trinajstić information content (AvgIpc) is 2.55. The molecule has 124 valence electrons. The summed E-state index contributed by atoms with van der Waals surface area (Å²) in [5.74, 6) is -0.644. The van der Waals surface area contributed by atoms with Crippen molar-refractivity contribution >= 4 is 46.4 Å². The fourth-order valence-electron chi connectivity index (χ4n) is 2.02. The molecule has 0 radical (unpaired) electrons. The minimum Gasteiger partial charge on any atom is -0.352 e. The van der Waals surface area contributed by atoms with Crippen molar-refractivity contribution in [3.63, 3.8) is 0 Å². The Hall–Kier alpha value is -2.44. The number of anilines is 1. The maximum Gasteiger partial charge on any atom is 0.258 e. The third-order valence-electron chi connectivity index (χ3n) is 3.10. The molecule has 0 unspecified atom stereocenters. The van der Waals surface area contributed by atoms with Crippen LogP contribution in [0.2, 0.25) is 5.02 Å².